The number of rotatable bonds is 5. The first-order valence-electron chi connectivity index (χ1n) is 5.69. The summed E-state index contributed by atoms with van der Waals surface area (Å²) < 4.78 is 5.38. The van der Waals surface area contributed by atoms with Crippen molar-refractivity contribution in [1.82, 2.24) is 10.2 Å². The van der Waals surface area contributed by atoms with Crippen LogP contribution in [-0.4, -0.2) is 16.0 Å². The minimum absolute atomic E-state index is 0.216. The standard InChI is InChI=1S/C13H15N3OS/c1-10(14)12-15-16-13(17-12)18-9-5-8-11-6-3-2-4-7-11/h2-8,10H,9,14H2,1H3. The second-order valence-electron chi connectivity index (χ2n) is 3.82. The molecule has 1 aromatic heterocycles. The van der Waals surface area contributed by atoms with E-state index < -0.39 is 0 Å². The summed E-state index contributed by atoms with van der Waals surface area (Å²) in [6.45, 7) is 1.82. The van der Waals surface area contributed by atoms with Crippen LogP contribution in [0.15, 0.2) is 46.0 Å². The molecule has 2 rings (SSSR count). The molecule has 0 aliphatic carbocycles. The number of benzene rings is 1. The monoisotopic (exact) mass is 261 g/mol. The Kier molecular flexibility index (Phi) is 4.55. The van der Waals surface area contributed by atoms with Crippen LogP contribution in [-0.2, 0) is 0 Å². The van der Waals surface area contributed by atoms with Gasteiger partial charge in [-0.05, 0) is 12.5 Å². The van der Waals surface area contributed by atoms with Crippen molar-refractivity contribution in [3.05, 3.63) is 47.9 Å². The zero-order valence-corrected chi connectivity index (χ0v) is 10.9. The molecule has 2 aromatic rings. The van der Waals surface area contributed by atoms with E-state index in [2.05, 4.69) is 34.5 Å². The van der Waals surface area contributed by atoms with Crippen LogP contribution in [0.1, 0.15) is 24.4 Å². The van der Waals surface area contributed by atoms with E-state index in [1.165, 1.54) is 17.3 Å². The maximum absolute atomic E-state index is 5.64. The van der Waals surface area contributed by atoms with Crippen molar-refractivity contribution >= 4 is 17.8 Å². The fraction of sp³-hybridized carbons (Fsp3) is 0.231. The molecule has 5 heteroatoms. The average Bonchev–Trinajstić information content (AvgIpc) is 2.85. The first-order valence-corrected chi connectivity index (χ1v) is 6.67. The highest BCUT2D eigenvalue weighted by Gasteiger charge is 2.09. The summed E-state index contributed by atoms with van der Waals surface area (Å²) in [4.78, 5) is 0. The average molecular weight is 261 g/mol. The maximum atomic E-state index is 5.64. The zero-order chi connectivity index (χ0) is 12.8. The topological polar surface area (TPSA) is 64.9 Å². The molecular weight excluding hydrogens is 246 g/mol. The Morgan fingerprint density at radius 2 is 2.11 bits per heavy atom. The number of hydrogen-bond donors (Lipinski definition) is 1. The molecule has 0 saturated carbocycles. The highest BCUT2D eigenvalue weighted by molar-refractivity contribution is 7.99. The number of aromatic nitrogens is 2. The Labute approximate surface area is 110 Å². The molecule has 0 amide bonds. The molecule has 0 spiro atoms. The van der Waals surface area contributed by atoms with Gasteiger partial charge in [-0.3, -0.25) is 0 Å². The normalized spacial score (nSPS) is 13.0. The highest BCUT2D eigenvalue weighted by atomic mass is 32.2. The van der Waals surface area contributed by atoms with Crippen LogP contribution >= 0.6 is 11.8 Å². The molecule has 2 N–H and O–H groups in total. The molecular formula is C13H15N3OS. The molecule has 1 heterocycles. The fourth-order valence-electron chi connectivity index (χ4n) is 1.33. The second-order valence-corrected chi connectivity index (χ2v) is 4.79. The third-order valence-corrected chi connectivity index (χ3v) is 3.00. The van der Waals surface area contributed by atoms with Crippen molar-refractivity contribution in [3.8, 4) is 0 Å². The molecule has 1 unspecified atom stereocenters. The molecule has 0 radical (unpaired) electrons. The first kappa shape index (κ1) is 12.9. The van der Waals surface area contributed by atoms with Gasteiger partial charge < -0.3 is 10.2 Å². The first-order chi connectivity index (χ1) is 8.75. The Morgan fingerprint density at radius 1 is 1.33 bits per heavy atom. The highest BCUT2D eigenvalue weighted by Crippen LogP contribution is 2.18. The quantitative estimate of drug-likeness (QED) is 0.838. The molecule has 0 bridgehead atoms. The predicted molar refractivity (Wildman–Crippen MR) is 73.1 cm³/mol. The van der Waals surface area contributed by atoms with Gasteiger partial charge in [0.25, 0.3) is 5.22 Å². The largest absolute Gasteiger partial charge is 0.414 e. The molecule has 94 valence electrons. The lowest BCUT2D eigenvalue weighted by molar-refractivity contribution is 0.394. The van der Waals surface area contributed by atoms with Gasteiger partial charge in [0.15, 0.2) is 0 Å². The van der Waals surface area contributed by atoms with Crippen molar-refractivity contribution in [2.24, 2.45) is 5.73 Å². The van der Waals surface area contributed by atoms with Crippen molar-refractivity contribution in [1.29, 1.82) is 0 Å². The van der Waals surface area contributed by atoms with Crippen LogP contribution in [0.25, 0.3) is 6.08 Å². The number of hydrogen-bond acceptors (Lipinski definition) is 5. The van der Waals surface area contributed by atoms with Crippen LogP contribution in [0.3, 0.4) is 0 Å². The molecule has 18 heavy (non-hydrogen) atoms. The van der Waals surface area contributed by atoms with E-state index in [4.69, 9.17) is 10.2 Å². The van der Waals surface area contributed by atoms with Gasteiger partial charge in [-0.1, -0.05) is 54.2 Å². The summed E-state index contributed by atoms with van der Waals surface area (Å²) in [7, 11) is 0. The van der Waals surface area contributed by atoms with Crippen molar-refractivity contribution in [2.75, 3.05) is 5.75 Å². The van der Waals surface area contributed by atoms with Gasteiger partial charge in [-0.2, -0.15) is 0 Å². The van der Waals surface area contributed by atoms with Crippen LogP contribution in [0.5, 0.6) is 0 Å². The Bertz CT molecular complexity index is 508. The van der Waals surface area contributed by atoms with E-state index in [9.17, 15) is 0 Å². The van der Waals surface area contributed by atoms with Gasteiger partial charge in [-0.15, -0.1) is 10.2 Å². The van der Waals surface area contributed by atoms with Crippen LogP contribution in [0, 0.1) is 0 Å². The Morgan fingerprint density at radius 3 is 2.78 bits per heavy atom. The third kappa shape index (κ3) is 3.72. The van der Waals surface area contributed by atoms with Gasteiger partial charge in [0.2, 0.25) is 5.89 Å². The van der Waals surface area contributed by atoms with Gasteiger partial charge in [-0.25, -0.2) is 0 Å². The smallest absolute Gasteiger partial charge is 0.276 e. The molecule has 0 aliphatic heterocycles. The van der Waals surface area contributed by atoms with Crippen LogP contribution in [0.4, 0.5) is 0 Å². The summed E-state index contributed by atoms with van der Waals surface area (Å²) in [6, 6.07) is 9.93. The summed E-state index contributed by atoms with van der Waals surface area (Å²) in [5, 5.41) is 8.34. The molecule has 4 nitrogen and oxygen atoms in total. The van der Waals surface area contributed by atoms with Crippen molar-refractivity contribution in [3.63, 3.8) is 0 Å². The summed E-state index contributed by atoms with van der Waals surface area (Å²) in [5.74, 6) is 1.26. The lowest BCUT2D eigenvalue weighted by Gasteiger charge is -1.94. The lowest BCUT2D eigenvalue weighted by Crippen LogP contribution is -2.04. The number of nitrogens with two attached hydrogens (primary N) is 1. The Hall–Kier alpha value is -1.59. The van der Waals surface area contributed by atoms with Gasteiger partial charge in [0.05, 0.1) is 6.04 Å². The number of thioether (sulfide) groups is 1. The van der Waals surface area contributed by atoms with E-state index >= 15 is 0 Å². The molecule has 0 saturated heterocycles. The van der Waals surface area contributed by atoms with E-state index in [-0.39, 0.29) is 6.04 Å². The molecule has 1 aromatic carbocycles. The van der Waals surface area contributed by atoms with E-state index in [0.717, 1.165) is 5.75 Å². The lowest BCUT2D eigenvalue weighted by atomic mass is 10.2. The van der Waals surface area contributed by atoms with Crippen molar-refractivity contribution in [2.45, 2.75) is 18.2 Å². The van der Waals surface area contributed by atoms with Gasteiger partial charge in [0, 0.05) is 5.75 Å². The van der Waals surface area contributed by atoms with E-state index in [1.54, 1.807) is 0 Å². The maximum Gasteiger partial charge on any atom is 0.276 e. The fourth-order valence-corrected chi connectivity index (χ4v) is 1.91. The molecule has 1 atom stereocenters. The SMILES string of the molecule is CC(N)c1nnc(SCC=Cc2ccccc2)o1. The van der Waals surface area contributed by atoms with E-state index in [0.29, 0.717) is 11.1 Å². The summed E-state index contributed by atoms with van der Waals surface area (Å²) >= 11 is 1.50. The van der Waals surface area contributed by atoms with Crippen LogP contribution in [0.2, 0.25) is 0 Å². The van der Waals surface area contributed by atoms with Crippen LogP contribution < -0.4 is 5.73 Å². The predicted octanol–water partition coefficient (Wildman–Crippen LogP) is 2.89. The molecule has 0 aliphatic rings. The third-order valence-electron chi connectivity index (χ3n) is 2.22. The van der Waals surface area contributed by atoms with Crippen molar-refractivity contribution < 1.29 is 4.42 Å². The van der Waals surface area contributed by atoms with E-state index in [1.807, 2.05) is 25.1 Å². The van der Waals surface area contributed by atoms with Gasteiger partial charge in [0.1, 0.15) is 0 Å². The second kappa shape index (κ2) is 6.37. The minimum atomic E-state index is -0.216. The van der Waals surface area contributed by atoms with Gasteiger partial charge >= 0.3 is 0 Å². The molecule has 0 fully saturated rings. The zero-order valence-electron chi connectivity index (χ0n) is 10.1. The minimum Gasteiger partial charge on any atom is -0.414 e. The summed E-state index contributed by atoms with van der Waals surface area (Å²) in [6.07, 6.45) is 4.13. The summed E-state index contributed by atoms with van der Waals surface area (Å²) in [5.41, 5.74) is 6.82. The number of nitrogens with zero attached hydrogens (tertiary/aromatic N) is 2. The Balaban J connectivity index is 1.83.